The molecule has 1 atom stereocenters. The van der Waals surface area contributed by atoms with Crippen molar-refractivity contribution >= 4 is 29.5 Å². The first kappa shape index (κ1) is 18.5. The van der Waals surface area contributed by atoms with Crippen LogP contribution in [-0.2, 0) is 11.2 Å². The van der Waals surface area contributed by atoms with Crippen LogP contribution < -0.4 is 0 Å². The number of aryl methyl sites for hydroxylation is 1. The summed E-state index contributed by atoms with van der Waals surface area (Å²) in [5, 5.41) is 9.11. The van der Waals surface area contributed by atoms with E-state index in [1.807, 2.05) is 49.7 Å². The molecule has 1 unspecified atom stereocenters. The van der Waals surface area contributed by atoms with Gasteiger partial charge in [-0.1, -0.05) is 36.4 Å². The molecule has 5 nitrogen and oxygen atoms in total. The third-order valence-electron chi connectivity index (χ3n) is 4.37. The van der Waals surface area contributed by atoms with Gasteiger partial charge < -0.3 is 4.90 Å². The normalized spacial score (nSPS) is 12.1. The molecular formula is C19H22N4OS2. The highest BCUT2D eigenvalue weighted by atomic mass is 32.1. The standard InChI is InChI=1S/C19H22N4OS2/c1-14(23-17(20-21-19(23)25)16-11-7-13-26-16)18(24)22(2)12-6-10-15-8-4-3-5-9-15/h3-5,7-9,11,13-14H,6,10,12H2,1-2H3,(H,21,25). The van der Waals surface area contributed by atoms with E-state index in [9.17, 15) is 4.79 Å². The predicted molar refractivity (Wildman–Crippen MR) is 108 cm³/mol. The van der Waals surface area contributed by atoms with Crippen LogP contribution in [0.15, 0.2) is 47.8 Å². The number of nitrogens with zero attached hydrogens (tertiary/aromatic N) is 3. The van der Waals surface area contributed by atoms with Crippen LogP contribution >= 0.6 is 23.6 Å². The molecule has 3 aromatic rings. The second-order valence-corrected chi connectivity index (χ2v) is 7.56. The summed E-state index contributed by atoms with van der Waals surface area (Å²) in [7, 11) is 1.85. The van der Waals surface area contributed by atoms with Gasteiger partial charge in [0.15, 0.2) is 10.6 Å². The van der Waals surface area contributed by atoms with Gasteiger partial charge in [-0.15, -0.1) is 11.3 Å². The minimum Gasteiger partial charge on any atom is -0.344 e. The first-order valence-electron chi connectivity index (χ1n) is 8.57. The van der Waals surface area contributed by atoms with E-state index in [1.165, 1.54) is 5.56 Å². The Morgan fingerprint density at radius 1 is 1.31 bits per heavy atom. The van der Waals surface area contributed by atoms with E-state index < -0.39 is 6.04 Å². The number of H-pyrrole nitrogens is 1. The number of thiophene rings is 1. The number of aromatic amines is 1. The number of benzene rings is 1. The van der Waals surface area contributed by atoms with Crippen molar-refractivity contribution in [2.45, 2.75) is 25.8 Å². The van der Waals surface area contributed by atoms with Gasteiger partial charge in [0.2, 0.25) is 5.91 Å². The lowest BCUT2D eigenvalue weighted by Crippen LogP contribution is -2.34. The van der Waals surface area contributed by atoms with E-state index in [2.05, 4.69) is 22.3 Å². The Morgan fingerprint density at radius 2 is 2.08 bits per heavy atom. The van der Waals surface area contributed by atoms with Crippen molar-refractivity contribution in [2.24, 2.45) is 0 Å². The fourth-order valence-electron chi connectivity index (χ4n) is 2.95. The number of carbonyl (C=O) groups is 1. The molecule has 2 aromatic heterocycles. The smallest absolute Gasteiger partial charge is 0.245 e. The fraction of sp³-hybridized carbons (Fsp3) is 0.316. The molecule has 0 bridgehead atoms. The van der Waals surface area contributed by atoms with E-state index in [-0.39, 0.29) is 5.91 Å². The van der Waals surface area contributed by atoms with Gasteiger partial charge in [0.1, 0.15) is 6.04 Å². The molecular weight excluding hydrogens is 364 g/mol. The van der Waals surface area contributed by atoms with Crippen molar-refractivity contribution in [3.8, 4) is 10.7 Å². The number of aromatic nitrogens is 3. The predicted octanol–water partition coefficient (Wildman–Crippen LogP) is 4.32. The molecule has 0 saturated carbocycles. The number of likely N-dealkylation sites (N-methyl/N-ethyl adjacent to an activating group) is 1. The van der Waals surface area contributed by atoms with Crippen LogP contribution in [0, 0.1) is 4.77 Å². The molecule has 0 aliphatic rings. The lowest BCUT2D eigenvalue weighted by atomic mass is 10.1. The van der Waals surface area contributed by atoms with Crippen molar-refractivity contribution in [3.63, 3.8) is 0 Å². The Labute approximate surface area is 162 Å². The highest BCUT2D eigenvalue weighted by molar-refractivity contribution is 7.71. The average Bonchev–Trinajstić information content (AvgIpc) is 3.30. The van der Waals surface area contributed by atoms with Gasteiger partial charge in [0.25, 0.3) is 0 Å². The minimum atomic E-state index is -0.403. The quantitative estimate of drug-likeness (QED) is 0.615. The molecule has 2 heterocycles. The SMILES string of the molecule is CC(C(=O)N(C)CCCc1ccccc1)n1c(-c2cccs2)n[nH]c1=S. The molecule has 0 aliphatic heterocycles. The number of rotatable bonds is 7. The van der Waals surface area contributed by atoms with Crippen LogP contribution in [0.5, 0.6) is 0 Å². The summed E-state index contributed by atoms with van der Waals surface area (Å²) < 4.78 is 2.27. The summed E-state index contributed by atoms with van der Waals surface area (Å²) >= 11 is 6.94. The van der Waals surface area contributed by atoms with Gasteiger partial charge in [0.05, 0.1) is 4.88 Å². The number of carbonyl (C=O) groups excluding carboxylic acids is 1. The lowest BCUT2D eigenvalue weighted by Gasteiger charge is -2.23. The van der Waals surface area contributed by atoms with Crippen molar-refractivity contribution in [1.82, 2.24) is 19.7 Å². The molecule has 3 rings (SSSR count). The molecule has 26 heavy (non-hydrogen) atoms. The van der Waals surface area contributed by atoms with Crippen LogP contribution in [0.3, 0.4) is 0 Å². The molecule has 0 saturated heterocycles. The molecule has 1 amide bonds. The Balaban J connectivity index is 1.66. The van der Waals surface area contributed by atoms with E-state index >= 15 is 0 Å². The average molecular weight is 387 g/mol. The largest absolute Gasteiger partial charge is 0.344 e. The molecule has 0 spiro atoms. The molecule has 136 valence electrons. The van der Waals surface area contributed by atoms with Crippen LogP contribution in [0.25, 0.3) is 10.7 Å². The third-order valence-corrected chi connectivity index (χ3v) is 5.52. The topological polar surface area (TPSA) is 53.9 Å². The fourth-order valence-corrected chi connectivity index (χ4v) is 3.95. The highest BCUT2D eigenvalue weighted by Gasteiger charge is 2.23. The van der Waals surface area contributed by atoms with Gasteiger partial charge in [-0.2, -0.15) is 5.10 Å². The zero-order valence-corrected chi connectivity index (χ0v) is 16.5. The first-order chi connectivity index (χ1) is 12.6. The molecule has 1 N–H and O–H groups in total. The van der Waals surface area contributed by atoms with Crippen molar-refractivity contribution in [3.05, 3.63) is 58.2 Å². The molecule has 0 radical (unpaired) electrons. The van der Waals surface area contributed by atoms with E-state index in [1.54, 1.807) is 20.8 Å². The van der Waals surface area contributed by atoms with Gasteiger partial charge in [-0.05, 0) is 49.0 Å². The van der Waals surface area contributed by atoms with Gasteiger partial charge >= 0.3 is 0 Å². The maximum Gasteiger partial charge on any atom is 0.245 e. The van der Waals surface area contributed by atoms with Gasteiger partial charge in [-0.3, -0.25) is 14.5 Å². The highest BCUT2D eigenvalue weighted by Crippen LogP contribution is 2.26. The summed E-state index contributed by atoms with van der Waals surface area (Å²) in [5.74, 6) is 0.747. The second-order valence-electron chi connectivity index (χ2n) is 6.22. The third kappa shape index (κ3) is 4.11. The summed E-state index contributed by atoms with van der Waals surface area (Å²) in [5.41, 5.74) is 1.29. The summed E-state index contributed by atoms with van der Waals surface area (Å²) in [6.45, 7) is 2.58. The summed E-state index contributed by atoms with van der Waals surface area (Å²) in [6, 6.07) is 13.9. The van der Waals surface area contributed by atoms with Crippen LogP contribution in [-0.4, -0.2) is 39.2 Å². The van der Waals surface area contributed by atoms with E-state index in [0.29, 0.717) is 17.1 Å². The van der Waals surface area contributed by atoms with Crippen LogP contribution in [0.1, 0.15) is 24.9 Å². The lowest BCUT2D eigenvalue weighted by molar-refractivity contribution is -0.133. The number of hydrogen-bond acceptors (Lipinski definition) is 4. The summed E-state index contributed by atoms with van der Waals surface area (Å²) in [4.78, 5) is 15.6. The second kappa shape index (κ2) is 8.42. The first-order valence-corrected chi connectivity index (χ1v) is 9.86. The minimum absolute atomic E-state index is 0.0355. The number of nitrogens with one attached hydrogen (secondary N) is 1. The Kier molecular flexibility index (Phi) is 6.00. The monoisotopic (exact) mass is 386 g/mol. The van der Waals surface area contributed by atoms with Gasteiger partial charge in [0, 0.05) is 13.6 Å². The van der Waals surface area contributed by atoms with Crippen molar-refractivity contribution in [2.75, 3.05) is 13.6 Å². The molecule has 7 heteroatoms. The molecule has 0 fully saturated rings. The zero-order chi connectivity index (χ0) is 18.5. The Hall–Kier alpha value is -2.25. The summed E-state index contributed by atoms with van der Waals surface area (Å²) in [6.07, 6.45) is 1.88. The number of hydrogen-bond donors (Lipinski definition) is 1. The molecule has 0 aliphatic carbocycles. The molecule has 1 aromatic carbocycles. The maximum atomic E-state index is 12.9. The maximum absolute atomic E-state index is 12.9. The van der Waals surface area contributed by atoms with Crippen LogP contribution in [0.2, 0.25) is 0 Å². The van der Waals surface area contributed by atoms with Crippen LogP contribution in [0.4, 0.5) is 0 Å². The number of amides is 1. The Bertz CT molecular complexity index is 899. The Morgan fingerprint density at radius 3 is 2.77 bits per heavy atom. The zero-order valence-electron chi connectivity index (χ0n) is 14.9. The van der Waals surface area contributed by atoms with E-state index in [0.717, 1.165) is 17.7 Å². The van der Waals surface area contributed by atoms with Crippen molar-refractivity contribution in [1.29, 1.82) is 0 Å². The van der Waals surface area contributed by atoms with Crippen molar-refractivity contribution < 1.29 is 4.79 Å². The van der Waals surface area contributed by atoms with Gasteiger partial charge in [-0.25, -0.2) is 0 Å². The van der Waals surface area contributed by atoms with E-state index in [4.69, 9.17) is 12.2 Å².